The average Bonchev–Trinajstić information content (AvgIpc) is 3.27. The summed E-state index contributed by atoms with van der Waals surface area (Å²) in [6.07, 6.45) is 9.22. The lowest BCUT2D eigenvalue weighted by Gasteiger charge is -2.34. The predicted octanol–water partition coefficient (Wildman–Crippen LogP) is 6.37. The van der Waals surface area contributed by atoms with Gasteiger partial charge in [-0.25, -0.2) is 0 Å². The lowest BCUT2D eigenvalue weighted by atomic mass is 10.1. The lowest BCUT2D eigenvalue weighted by molar-refractivity contribution is 0.129. The molecule has 2 aromatic carbocycles. The molecule has 4 rings (SSSR count). The van der Waals surface area contributed by atoms with E-state index in [1.807, 2.05) is 13.1 Å². The van der Waals surface area contributed by atoms with Crippen LogP contribution in [-0.2, 0) is 19.5 Å². The molecule has 3 aromatic rings. The minimum absolute atomic E-state index is 0.960. The summed E-state index contributed by atoms with van der Waals surface area (Å²) in [7, 11) is 1.96. The molecule has 1 aromatic heterocycles. The van der Waals surface area contributed by atoms with Gasteiger partial charge in [0.25, 0.3) is 0 Å². The van der Waals surface area contributed by atoms with Gasteiger partial charge in [0, 0.05) is 50.9 Å². The van der Waals surface area contributed by atoms with E-state index in [1.54, 1.807) is 0 Å². The van der Waals surface area contributed by atoms with Crippen LogP contribution in [0.15, 0.2) is 55.2 Å². The first-order valence-corrected chi connectivity index (χ1v) is 14.0. The van der Waals surface area contributed by atoms with Gasteiger partial charge in [-0.2, -0.15) is 0 Å². The van der Waals surface area contributed by atoms with Gasteiger partial charge in [-0.3, -0.25) is 0 Å². The highest BCUT2D eigenvalue weighted by molar-refractivity contribution is 5.91. The number of piperazine rings is 1. The molecular formula is C32H48N4. The van der Waals surface area contributed by atoms with Gasteiger partial charge in [-0.15, -0.1) is 0 Å². The number of benzene rings is 2. The SMILES string of the molecule is C=Cc1cn(CCCN2CCN(CCCC)CC2)c2c(CC)cccc12.CNCc1cccc(C)c1. The van der Waals surface area contributed by atoms with Crippen LogP contribution in [0.1, 0.15) is 55.4 Å². The first kappa shape index (κ1) is 28.2. The van der Waals surface area contributed by atoms with Crippen LogP contribution in [-0.4, -0.2) is 60.7 Å². The molecule has 0 radical (unpaired) electrons. The van der Waals surface area contributed by atoms with Crippen LogP contribution >= 0.6 is 0 Å². The molecule has 0 spiro atoms. The molecule has 0 bridgehead atoms. The number of para-hydroxylation sites is 1. The van der Waals surface area contributed by atoms with E-state index < -0.39 is 0 Å². The summed E-state index contributed by atoms with van der Waals surface area (Å²) >= 11 is 0. The summed E-state index contributed by atoms with van der Waals surface area (Å²) in [5.41, 5.74) is 6.80. The normalized spacial score (nSPS) is 14.6. The van der Waals surface area contributed by atoms with E-state index in [9.17, 15) is 0 Å². The van der Waals surface area contributed by atoms with Gasteiger partial charge in [0.2, 0.25) is 0 Å². The fraction of sp³-hybridized carbons (Fsp3) is 0.500. The van der Waals surface area contributed by atoms with Crippen LogP contribution in [0.25, 0.3) is 17.0 Å². The van der Waals surface area contributed by atoms with E-state index >= 15 is 0 Å². The summed E-state index contributed by atoms with van der Waals surface area (Å²) in [5.74, 6) is 0. The largest absolute Gasteiger partial charge is 0.347 e. The highest BCUT2D eigenvalue weighted by atomic mass is 15.3. The van der Waals surface area contributed by atoms with Crippen LogP contribution in [0.4, 0.5) is 0 Å². The van der Waals surface area contributed by atoms with Crippen molar-refractivity contribution in [1.29, 1.82) is 0 Å². The fourth-order valence-electron chi connectivity index (χ4n) is 5.20. The number of aromatic nitrogens is 1. The zero-order chi connectivity index (χ0) is 25.8. The van der Waals surface area contributed by atoms with Crippen LogP contribution < -0.4 is 5.32 Å². The molecule has 4 nitrogen and oxygen atoms in total. The Labute approximate surface area is 220 Å². The number of unbranched alkanes of at least 4 members (excludes halogenated alkanes) is 1. The highest BCUT2D eigenvalue weighted by Gasteiger charge is 2.16. The molecule has 1 aliphatic rings. The third-order valence-corrected chi connectivity index (χ3v) is 7.24. The minimum atomic E-state index is 0.960. The summed E-state index contributed by atoms with van der Waals surface area (Å²) in [4.78, 5) is 5.27. The van der Waals surface area contributed by atoms with E-state index in [0.717, 1.165) is 19.5 Å². The number of nitrogens with zero attached hydrogens (tertiary/aromatic N) is 3. The van der Waals surface area contributed by atoms with Crippen LogP contribution in [0, 0.1) is 6.92 Å². The maximum Gasteiger partial charge on any atom is 0.0518 e. The number of hydrogen-bond donors (Lipinski definition) is 1. The number of rotatable bonds is 11. The first-order chi connectivity index (χ1) is 17.6. The molecule has 1 aliphatic heterocycles. The summed E-state index contributed by atoms with van der Waals surface area (Å²) < 4.78 is 2.46. The maximum absolute atomic E-state index is 4.01. The van der Waals surface area contributed by atoms with Gasteiger partial charge in [0.15, 0.2) is 0 Å². The Morgan fingerprint density at radius 2 is 1.61 bits per heavy atom. The van der Waals surface area contributed by atoms with Crippen molar-refractivity contribution in [3.05, 3.63) is 77.5 Å². The monoisotopic (exact) mass is 488 g/mol. The molecule has 36 heavy (non-hydrogen) atoms. The van der Waals surface area contributed by atoms with Crippen molar-refractivity contribution >= 4 is 17.0 Å². The Hall–Kier alpha value is -2.40. The zero-order valence-corrected chi connectivity index (χ0v) is 23.2. The second-order valence-corrected chi connectivity index (χ2v) is 10.1. The lowest BCUT2D eigenvalue weighted by Crippen LogP contribution is -2.46. The molecule has 196 valence electrons. The predicted molar refractivity (Wildman–Crippen MR) is 158 cm³/mol. The van der Waals surface area contributed by atoms with Crippen molar-refractivity contribution < 1.29 is 0 Å². The molecule has 0 aliphatic carbocycles. The molecule has 0 amide bonds. The summed E-state index contributed by atoms with van der Waals surface area (Å²) in [6.45, 7) is 20.1. The van der Waals surface area contributed by atoms with Crippen molar-refractivity contribution in [2.75, 3.05) is 46.3 Å². The van der Waals surface area contributed by atoms with Gasteiger partial charge in [0.05, 0.1) is 5.52 Å². The van der Waals surface area contributed by atoms with Gasteiger partial charge >= 0.3 is 0 Å². The van der Waals surface area contributed by atoms with Crippen LogP contribution in [0.3, 0.4) is 0 Å². The topological polar surface area (TPSA) is 23.4 Å². The molecule has 0 unspecified atom stereocenters. The second-order valence-electron chi connectivity index (χ2n) is 10.1. The zero-order valence-electron chi connectivity index (χ0n) is 23.2. The highest BCUT2D eigenvalue weighted by Crippen LogP contribution is 2.26. The van der Waals surface area contributed by atoms with Crippen molar-refractivity contribution in [2.24, 2.45) is 0 Å². The molecule has 0 atom stereocenters. The number of nitrogens with one attached hydrogen (secondary N) is 1. The summed E-state index contributed by atoms with van der Waals surface area (Å²) in [6, 6.07) is 15.2. The van der Waals surface area contributed by atoms with E-state index in [0.29, 0.717) is 0 Å². The molecule has 4 heteroatoms. The molecule has 1 saturated heterocycles. The van der Waals surface area contributed by atoms with Crippen molar-refractivity contribution in [3.63, 3.8) is 0 Å². The van der Waals surface area contributed by atoms with Gasteiger partial charge < -0.3 is 19.7 Å². The van der Waals surface area contributed by atoms with Gasteiger partial charge in [-0.1, -0.05) is 81.0 Å². The number of hydrogen-bond acceptors (Lipinski definition) is 3. The number of aryl methyl sites for hydroxylation is 3. The Morgan fingerprint density at radius 3 is 2.22 bits per heavy atom. The van der Waals surface area contributed by atoms with Gasteiger partial charge in [0.1, 0.15) is 0 Å². The van der Waals surface area contributed by atoms with Gasteiger partial charge in [-0.05, 0) is 63.0 Å². The molecule has 2 heterocycles. The van der Waals surface area contributed by atoms with E-state index in [2.05, 4.69) is 95.7 Å². The molecule has 1 N–H and O–H groups in total. The van der Waals surface area contributed by atoms with E-state index in [4.69, 9.17) is 0 Å². The first-order valence-electron chi connectivity index (χ1n) is 14.0. The smallest absolute Gasteiger partial charge is 0.0518 e. The van der Waals surface area contributed by atoms with Crippen molar-refractivity contribution in [2.45, 2.75) is 59.5 Å². The Morgan fingerprint density at radius 1 is 0.917 bits per heavy atom. The standard InChI is InChI=1S/C23H35N3.C9H13N/c1-4-7-12-24-15-17-25(18-16-24)13-9-14-26-19-21(6-3)22-11-8-10-20(5-2)23(22)26;1-8-4-3-5-9(6-8)7-10-2/h6,8,10-11,19H,3-5,7,9,12-18H2,1-2H3;3-6,10H,7H2,1-2H3. The Kier molecular flexibility index (Phi) is 11.7. The van der Waals surface area contributed by atoms with E-state index in [1.165, 1.54) is 91.7 Å². The van der Waals surface area contributed by atoms with Crippen molar-refractivity contribution in [1.82, 2.24) is 19.7 Å². The van der Waals surface area contributed by atoms with Crippen LogP contribution in [0.2, 0.25) is 0 Å². The Bertz CT molecular complexity index is 1060. The Balaban J connectivity index is 0.000000303. The average molecular weight is 489 g/mol. The second kappa shape index (κ2) is 15.0. The quantitative estimate of drug-likeness (QED) is 0.339. The molecule has 0 saturated carbocycles. The van der Waals surface area contributed by atoms with E-state index in [-0.39, 0.29) is 0 Å². The third kappa shape index (κ3) is 8.06. The maximum atomic E-state index is 4.01. The van der Waals surface area contributed by atoms with Crippen molar-refractivity contribution in [3.8, 4) is 0 Å². The number of fused-ring (bicyclic) bond motifs is 1. The third-order valence-electron chi connectivity index (χ3n) is 7.24. The fourth-order valence-corrected chi connectivity index (χ4v) is 5.20. The minimum Gasteiger partial charge on any atom is -0.347 e. The molecule has 1 fully saturated rings. The molecular weight excluding hydrogens is 440 g/mol. The summed E-state index contributed by atoms with van der Waals surface area (Å²) in [5, 5.41) is 4.46. The van der Waals surface area contributed by atoms with Crippen LogP contribution in [0.5, 0.6) is 0 Å².